The molecule has 5 nitrogen and oxygen atoms in total. The second kappa shape index (κ2) is 7.88. The summed E-state index contributed by atoms with van der Waals surface area (Å²) in [5.74, 6) is 0. The molecule has 2 atom stereocenters. The van der Waals surface area contributed by atoms with Gasteiger partial charge in [-0.25, -0.2) is 0 Å². The molecule has 124 valence electrons. The first-order chi connectivity index (χ1) is 10.0. The highest BCUT2D eigenvalue weighted by Crippen LogP contribution is 2.20. The van der Waals surface area contributed by atoms with Gasteiger partial charge in [0.25, 0.3) is 0 Å². The van der Waals surface area contributed by atoms with Crippen LogP contribution in [0.3, 0.4) is 0 Å². The third-order valence-electron chi connectivity index (χ3n) is 5.29. The first-order valence-electron chi connectivity index (χ1n) is 8.38. The SMILES string of the molecule is COCCN1CCN(C)C(C2CN(C(C)C)CCN2C)C1. The van der Waals surface area contributed by atoms with E-state index in [1.54, 1.807) is 7.11 Å². The number of methoxy groups -OCH3 is 1. The van der Waals surface area contributed by atoms with E-state index in [2.05, 4.69) is 47.5 Å². The Labute approximate surface area is 130 Å². The lowest BCUT2D eigenvalue weighted by Gasteiger charge is -2.50. The Morgan fingerprint density at radius 1 is 0.952 bits per heavy atom. The number of likely N-dealkylation sites (N-methyl/N-ethyl adjacent to an activating group) is 2. The molecule has 21 heavy (non-hydrogen) atoms. The summed E-state index contributed by atoms with van der Waals surface area (Å²) in [4.78, 5) is 10.3. The normalized spacial score (nSPS) is 31.1. The predicted molar refractivity (Wildman–Crippen MR) is 87.9 cm³/mol. The minimum absolute atomic E-state index is 0.627. The molecule has 0 aromatic heterocycles. The van der Waals surface area contributed by atoms with Crippen molar-refractivity contribution in [2.75, 3.05) is 73.6 Å². The Hall–Kier alpha value is -0.200. The number of nitrogens with zero attached hydrogens (tertiary/aromatic N) is 4. The fourth-order valence-corrected chi connectivity index (χ4v) is 3.61. The van der Waals surface area contributed by atoms with E-state index in [0.29, 0.717) is 18.1 Å². The molecule has 0 aromatic rings. The van der Waals surface area contributed by atoms with Crippen LogP contribution >= 0.6 is 0 Å². The van der Waals surface area contributed by atoms with Gasteiger partial charge in [-0.05, 0) is 27.9 Å². The maximum absolute atomic E-state index is 5.25. The molecule has 5 heteroatoms. The molecule has 2 fully saturated rings. The number of hydrogen-bond acceptors (Lipinski definition) is 5. The quantitative estimate of drug-likeness (QED) is 0.725. The van der Waals surface area contributed by atoms with Crippen molar-refractivity contribution in [1.29, 1.82) is 0 Å². The van der Waals surface area contributed by atoms with Crippen molar-refractivity contribution in [3.05, 3.63) is 0 Å². The van der Waals surface area contributed by atoms with Crippen molar-refractivity contribution in [2.45, 2.75) is 32.0 Å². The van der Waals surface area contributed by atoms with Crippen molar-refractivity contribution < 1.29 is 4.74 Å². The Bertz CT molecular complexity index is 311. The maximum atomic E-state index is 5.25. The van der Waals surface area contributed by atoms with Gasteiger partial charge in [0, 0.05) is 71.0 Å². The van der Waals surface area contributed by atoms with Gasteiger partial charge in [0.05, 0.1) is 6.61 Å². The summed E-state index contributed by atoms with van der Waals surface area (Å²) < 4.78 is 5.25. The molecule has 0 aliphatic carbocycles. The third-order valence-corrected chi connectivity index (χ3v) is 5.29. The minimum Gasteiger partial charge on any atom is -0.383 e. The lowest BCUT2D eigenvalue weighted by atomic mass is 9.99. The topological polar surface area (TPSA) is 22.2 Å². The van der Waals surface area contributed by atoms with Gasteiger partial charge in [-0.3, -0.25) is 19.6 Å². The molecule has 2 rings (SSSR count). The van der Waals surface area contributed by atoms with Crippen LogP contribution in [0.5, 0.6) is 0 Å². The second-order valence-electron chi connectivity index (χ2n) is 6.98. The van der Waals surface area contributed by atoms with E-state index in [0.717, 1.165) is 13.2 Å². The maximum Gasteiger partial charge on any atom is 0.0589 e. The van der Waals surface area contributed by atoms with Crippen LogP contribution in [0.25, 0.3) is 0 Å². The molecule has 0 spiro atoms. The van der Waals surface area contributed by atoms with Gasteiger partial charge in [0.15, 0.2) is 0 Å². The summed E-state index contributed by atoms with van der Waals surface area (Å²) in [7, 11) is 6.38. The lowest BCUT2D eigenvalue weighted by Crippen LogP contribution is -2.65. The van der Waals surface area contributed by atoms with Crippen LogP contribution in [0, 0.1) is 0 Å². The van der Waals surface area contributed by atoms with Gasteiger partial charge in [0.2, 0.25) is 0 Å². The summed E-state index contributed by atoms with van der Waals surface area (Å²) >= 11 is 0. The molecule has 0 aromatic carbocycles. The molecule has 0 bridgehead atoms. The van der Waals surface area contributed by atoms with E-state index < -0.39 is 0 Å². The standard InChI is InChI=1S/C16H34N4O/c1-14(2)20-9-7-18(4)16(13-20)15-12-19(10-11-21-5)8-6-17(15)3/h14-16H,6-13H2,1-5H3. The van der Waals surface area contributed by atoms with E-state index in [1.165, 1.54) is 39.3 Å². The van der Waals surface area contributed by atoms with E-state index in [-0.39, 0.29) is 0 Å². The molecular weight excluding hydrogens is 264 g/mol. The van der Waals surface area contributed by atoms with Crippen molar-refractivity contribution in [3.8, 4) is 0 Å². The van der Waals surface area contributed by atoms with E-state index in [9.17, 15) is 0 Å². The second-order valence-corrected chi connectivity index (χ2v) is 6.98. The molecule has 0 radical (unpaired) electrons. The van der Waals surface area contributed by atoms with E-state index >= 15 is 0 Å². The molecule has 2 aliphatic heterocycles. The van der Waals surface area contributed by atoms with Crippen LogP contribution in [0.1, 0.15) is 13.8 Å². The fourth-order valence-electron chi connectivity index (χ4n) is 3.61. The van der Waals surface area contributed by atoms with Crippen molar-refractivity contribution in [3.63, 3.8) is 0 Å². The van der Waals surface area contributed by atoms with Crippen LogP contribution < -0.4 is 0 Å². The first-order valence-corrected chi connectivity index (χ1v) is 8.38. The zero-order valence-electron chi connectivity index (χ0n) is 14.6. The average Bonchev–Trinajstić information content (AvgIpc) is 2.47. The molecule has 2 unspecified atom stereocenters. The van der Waals surface area contributed by atoms with Gasteiger partial charge in [-0.15, -0.1) is 0 Å². The van der Waals surface area contributed by atoms with E-state index in [4.69, 9.17) is 4.74 Å². The zero-order chi connectivity index (χ0) is 15.4. The predicted octanol–water partition coefficient (Wildman–Crippen LogP) is 0.273. The molecule has 2 heterocycles. The van der Waals surface area contributed by atoms with Crippen molar-refractivity contribution in [2.24, 2.45) is 0 Å². The van der Waals surface area contributed by atoms with Crippen LogP contribution in [-0.4, -0.2) is 111 Å². The summed E-state index contributed by atoms with van der Waals surface area (Å²) in [5.41, 5.74) is 0. The van der Waals surface area contributed by atoms with Crippen molar-refractivity contribution >= 4 is 0 Å². The van der Waals surface area contributed by atoms with Gasteiger partial charge in [-0.1, -0.05) is 0 Å². The molecule has 0 saturated carbocycles. The monoisotopic (exact) mass is 298 g/mol. The average molecular weight is 298 g/mol. The molecule has 0 N–H and O–H groups in total. The third kappa shape index (κ3) is 4.39. The molecular formula is C16H34N4O. The number of rotatable bonds is 5. The summed E-state index contributed by atoms with van der Waals surface area (Å²) in [6, 6.07) is 1.92. The minimum atomic E-state index is 0.627. The summed E-state index contributed by atoms with van der Waals surface area (Å²) in [5, 5.41) is 0. The largest absolute Gasteiger partial charge is 0.383 e. The number of hydrogen-bond donors (Lipinski definition) is 0. The molecule has 2 aliphatic rings. The Kier molecular flexibility index (Phi) is 6.44. The van der Waals surface area contributed by atoms with Gasteiger partial charge in [0.1, 0.15) is 0 Å². The molecule has 0 amide bonds. The fraction of sp³-hybridized carbons (Fsp3) is 1.00. The Balaban J connectivity index is 1.98. The van der Waals surface area contributed by atoms with Crippen LogP contribution in [0.4, 0.5) is 0 Å². The van der Waals surface area contributed by atoms with Crippen molar-refractivity contribution in [1.82, 2.24) is 19.6 Å². The van der Waals surface area contributed by atoms with Crippen LogP contribution in [0.15, 0.2) is 0 Å². The first kappa shape index (κ1) is 17.2. The lowest BCUT2D eigenvalue weighted by molar-refractivity contribution is -0.0122. The molecule has 2 saturated heterocycles. The van der Waals surface area contributed by atoms with Crippen LogP contribution in [-0.2, 0) is 4.74 Å². The highest BCUT2D eigenvalue weighted by Gasteiger charge is 2.36. The van der Waals surface area contributed by atoms with Crippen LogP contribution in [0.2, 0.25) is 0 Å². The number of ether oxygens (including phenoxy) is 1. The number of piperazine rings is 2. The van der Waals surface area contributed by atoms with Gasteiger partial charge < -0.3 is 4.74 Å². The highest BCUT2D eigenvalue weighted by atomic mass is 16.5. The summed E-state index contributed by atoms with van der Waals surface area (Å²) in [6.45, 7) is 13.6. The highest BCUT2D eigenvalue weighted by molar-refractivity contribution is 4.94. The van der Waals surface area contributed by atoms with Gasteiger partial charge in [-0.2, -0.15) is 0 Å². The Morgan fingerprint density at radius 2 is 1.57 bits per heavy atom. The Morgan fingerprint density at radius 3 is 2.19 bits per heavy atom. The smallest absolute Gasteiger partial charge is 0.0589 e. The van der Waals surface area contributed by atoms with E-state index in [1.807, 2.05) is 0 Å². The summed E-state index contributed by atoms with van der Waals surface area (Å²) in [6.07, 6.45) is 0. The zero-order valence-corrected chi connectivity index (χ0v) is 14.6. The van der Waals surface area contributed by atoms with Gasteiger partial charge >= 0.3 is 0 Å².